The van der Waals surface area contributed by atoms with E-state index in [-0.39, 0.29) is 0 Å². The number of nitrogens with one attached hydrogen (secondary N) is 1. The molecule has 0 spiro atoms. The Morgan fingerprint density at radius 1 is 1.45 bits per heavy atom. The summed E-state index contributed by atoms with van der Waals surface area (Å²) in [5, 5.41) is 3.45. The fourth-order valence-corrected chi connectivity index (χ4v) is 1.27. The first kappa shape index (κ1) is 6.71. The van der Waals surface area contributed by atoms with Gasteiger partial charge in [-0.2, -0.15) is 0 Å². The maximum atomic E-state index is 3.45. The molecule has 1 N–H and O–H groups in total. The number of anilines is 1. The fraction of sp³-hybridized carbons (Fsp3) is 0.400. The van der Waals surface area contributed by atoms with Crippen molar-refractivity contribution in [2.24, 2.45) is 0 Å². The summed E-state index contributed by atoms with van der Waals surface area (Å²) in [6.45, 7) is 0. The van der Waals surface area contributed by atoms with E-state index in [0.29, 0.717) is 0 Å². The second-order valence-corrected chi connectivity index (χ2v) is 3.06. The number of hydrogen-bond acceptors (Lipinski definition) is 1. The molecule has 1 aromatic rings. The highest BCUT2D eigenvalue weighted by molar-refractivity contribution is 5.43. The SMILES string of the molecule is [c]1cccc(NC2CCC2)c1. The smallest absolute Gasteiger partial charge is 0.0348 e. The molecule has 0 amide bonds. The minimum atomic E-state index is 0.728. The summed E-state index contributed by atoms with van der Waals surface area (Å²) in [6.07, 6.45) is 4.04. The van der Waals surface area contributed by atoms with Gasteiger partial charge in [0.2, 0.25) is 0 Å². The second-order valence-electron chi connectivity index (χ2n) is 3.06. The molecule has 2 rings (SSSR count). The van der Waals surface area contributed by atoms with E-state index in [1.54, 1.807) is 0 Å². The topological polar surface area (TPSA) is 12.0 Å². The van der Waals surface area contributed by atoms with E-state index in [2.05, 4.69) is 17.4 Å². The van der Waals surface area contributed by atoms with Gasteiger partial charge in [0, 0.05) is 11.7 Å². The third-order valence-corrected chi connectivity index (χ3v) is 2.18. The summed E-state index contributed by atoms with van der Waals surface area (Å²) in [5.74, 6) is 0. The Bertz CT molecular complexity index is 214. The van der Waals surface area contributed by atoms with E-state index in [4.69, 9.17) is 0 Å². The van der Waals surface area contributed by atoms with Crippen molar-refractivity contribution in [1.82, 2.24) is 0 Å². The van der Waals surface area contributed by atoms with Crippen LogP contribution in [0.5, 0.6) is 0 Å². The Kier molecular flexibility index (Phi) is 1.80. The molecule has 0 atom stereocenters. The molecule has 1 radical (unpaired) electrons. The summed E-state index contributed by atoms with van der Waals surface area (Å²) >= 11 is 0. The van der Waals surface area contributed by atoms with Gasteiger partial charge < -0.3 is 5.32 Å². The number of hydrogen-bond donors (Lipinski definition) is 1. The molecule has 1 nitrogen and oxygen atoms in total. The Hall–Kier alpha value is -0.980. The van der Waals surface area contributed by atoms with Crippen LogP contribution in [0.1, 0.15) is 19.3 Å². The van der Waals surface area contributed by atoms with E-state index in [9.17, 15) is 0 Å². The van der Waals surface area contributed by atoms with Gasteiger partial charge in [-0.15, -0.1) is 0 Å². The van der Waals surface area contributed by atoms with E-state index in [0.717, 1.165) is 6.04 Å². The van der Waals surface area contributed by atoms with Crippen LogP contribution in [-0.2, 0) is 0 Å². The van der Waals surface area contributed by atoms with Crippen molar-refractivity contribution in [3.63, 3.8) is 0 Å². The number of benzene rings is 1. The molecule has 57 valence electrons. The van der Waals surface area contributed by atoms with Crippen molar-refractivity contribution in [3.05, 3.63) is 30.3 Å². The van der Waals surface area contributed by atoms with E-state index in [1.807, 2.05) is 18.2 Å². The van der Waals surface area contributed by atoms with E-state index < -0.39 is 0 Å². The third-order valence-electron chi connectivity index (χ3n) is 2.18. The van der Waals surface area contributed by atoms with Gasteiger partial charge >= 0.3 is 0 Å². The highest BCUT2D eigenvalue weighted by Gasteiger charge is 2.16. The molecule has 0 aliphatic heterocycles. The van der Waals surface area contributed by atoms with Crippen molar-refractivity contribution in [3.8, 4) is 0 Å². The van der Waals surface area contributed by atoms with Crippen molar-refractivity contribution in [2.75, 3.05) is 5.32 Å². The molecule has 11 heavy (non-hydrogen) atoms. The highest BCUT2D eigenvalue weighted by Crippen LogP contribution is 2.22. The van der Waals surface area contributed by atoms with Gasteiger partial charge in [-0.1, -0.05) is 12.1 Å². The molecule has 1 aliphatic rings. The van der Waals surface area contributed by atoms with Gasteiger partial charge in [0.15, 0.2) is 0 Å². The number of rotatable bonds is 2. The lowest BCUT2D eigenvalue weighted by Crippen LogP contribution is -2.26. The minimum Gasteiger partial charge on any atom is -0.382 e. The molecule has 1 aliphatic carbocycles. The summed E-state index contributed by atoms with van der Waals surface area (Å²) in [4.78, 5) is 0. The van der Waals surface area contributed by atoms with Gasteiger partial charge in [0.1, 0.15) is 0 Å². The summed E-state index contributed by atoms with van der Waals surface area (Å²) in [7, 11) is 0. The average Bonchev–Trinajstić information content (AvgIpc) is 1.99. The monoisotopic (exact) mass is 146 g/mol. The summed E-state index contributed by atoms with van der Waals surface area (Å²) < 4.78 is 0. The predicted molar refractivity (Wildman–Crippen MR) is 46.5 cm³/mol. The lowest BCUT2D eigenvalue weighted by molar-refractivity contribution is 0.445. The van der Waals surface area contributed by atoms with Crippen LogP contribution in [0.4, 0.5) is 5.69 Å². The molecule has 1 aromatic carbocycles. The quantitative estimate of drug-likeness (QED) is 0.675. The lowest BCUT2D eigenvalue weighted by Gasteiger charge is -2.27. The molecule has 0 unspecified atom stereocenters. The van der Waals surface area contributed by atoms with Crippen LogP contribution < -0.4 is 5.32 Å². The van der Waals surface area contributed by atoms with E-state index >= 15 is 0 Å². The predicted octanol–water partition coefficient (Wildman–Crippen LogP) is 2.45. The Balaban J connectivity index is 1.95. The summed E-state index contributed by atoms with van der Waals surface area (Å²) in [5.41, 5.74) is 1.21. The van der Waals surface area contributed by atoms with Crippen LogP contribution in [0, 0.1) is 6.07 Å². The Morgan fingerprint density at radius 3 is 2.91 bits per heavy atom. The Morgan fingerprint density at radius 2 is 2.36 bits per heavy atom. The molecule has 0 saturated heterocycles. The summed E-state index contributed by atoms with van der Waals surface area (Å²) in [6, 6.07) is 11.8. The maximum Gasteiger partial charge on any atom is 0.0348 e. The molecule has 1 saturated carbocycles. The Labute approximate surface area is 67.4 Å². The maximum absolute atomic E-state index is 3.45. The van der Waals surface area contributed by atoms with Gasteiger partial charge in [-0.05, 0) is 37.5 Å². The largest absolute Gasteiger partial charge is 0.382 e. The van der Waals surface area contributed by atoms with Crippen LogP contribution in [0.25, 0.3) is 0 Å². The average molecular weight is 146 g/mol. The standard InChI is InChI=1S/C10H12N/c1-2-5-9(6-3-1)11-10-7-4-8-10/h1-2,5-6,10-11H,4,7-8H2. The highest BCUT2D eigenvalue weighted by atomic mass is 14.9. The molecule has 1 heteroatoms. The normalized spacial score (nSPS) is 17.5. The zero-order valence-electron chi connectivity index (χ0n) is 6.51. The second kappa shape index (κ2) is 2.95. The molecular formula is C10H12N. The van der Waals surface area contributed by atoms with Crippen molar-refractivity contribution in [1.29, 1.82) is 0 Å². The zero-order valence-corrected chi connectivity index (χ0v) is 6.51. The minimum absolute atomic E-state index is 0.728. The first-order chi connectivity index (χ1) is 5.45. The van der Waals surface area contributed by atoms with E-state index in [1.165, 1.54) is 24.9 Å². The van der Waals surface area contributed by atoms with Crippen LogP contribution in [0.3, 0.4) is 0 Å². The van der Waals surface area contributed by atoms with Gasteiger partial charge in [0.25, 0.3) is 0 Å². The van der Waals surface area contributed by atoms with Crippen molar-refractivity contribution >= 4 is 5.69 Å². The molecule has 1 fully saturated rings. The molecule has 0 heterocycles. The van der Waals surface area contributed by atoms with Crippen LogP contribution in [-0.4, -0.2) is 6.04 Å². The molecule has 0 aromatic heterocycles. The van der Waals surface area contributed by atoms with Gasteiger partial charge in [-0.25, -0.2) is 0 Å². The first-order valence-electron chi connectivity index (χ1n) is 4.18. The van der Waals surface area contributed by atoms with Gasteiger partial charge in [-0.3, -0.25) is 0 Å². The lowest BCUT2D eigenvalue weighted by atomic mass is 9.93. The zero-order chi connectivity index (χ0) is 7.52. The van der Waals surface area contributed by atoms with Crippen LogP contribution >= 0.6 is 0 Å². The first-order valence-corrected chi connectivity index (χ1v) is 4.18. The van der Waals surface area contributed by atoms with Crippen molar-refractivity contribution in [2.45, 2.75) is 25.3 Å². The van der Waals surface area contributed by atoms with Crippen LogP contribution in [0.15, 0.2) is 24.3 Å². The van der Waals surface area contributed by atoms with Crippen LogP contribution in [0.2, 0.25) is 0 Å². The van der Waals surface area contributed by atoms with Crippen molar-refractivity contribution < 1.29 is 0 Å². The fourth-order valence-electron chi connectivity index (χ4n) is 1.27. The third kappa shape index (κ3) is 1.53. The molecule has 0 bridgehead atoms. The molecular weight excluding hydrogens is 134 g/mol. The van der Waals surface area contributed by atoms with Gasteiger partial charge in [0.05, 0.1) is 0 Å².